The summed E-state index contributed by atoms with van der Waals surface area (Å²) in [5.41, 5.74) is -0.788. The molecule has 0 atom stereocenters. The first-order chi connectivity index (χ1) is 16.2. The van der Waals surface area contributed by atoms with E-state index in [1.165, 1.54) is 12.1 Å². The van der Waals surface area contributed by atoms with Crippen molar-refractivity contribution in [3.63, 3.8) is 0 Å². The monoisotopic (exact) mass is 500 g/mol. The molecule has 0 aliphatic carbocycles. The van der Waals surface area contributed by atoms with Gasteiger partial charge in [-0.3, -0.25) is 4.79 Å². The zero-order valence-electron chi connectivity index (χ0n) is 17.1. The fourth-order valence-corrected chi connectivity index (χ4v) is 4.20. The molecule has 0 aliphatic heterocycles. The summed E-state index contributed by atoms with van der Waals surface area (Å²) in [5.74, 6) is -0.749. The maximum absolute atomic E-state index is 14.0. The molecule has 10 heteroatoms. The molecule has 0 spiro atoms. The standard InChI is InChI=1S/C24H13Cl2F3N4O/c25-17-9-4-10-18(26)21(17)32-23(34)16-12-30-33-20(24(27,28)29)11-19(31-22(16)33)15-8-3-6-13-5-1-2-7-14(13)15/h1-12H,(H,32,34). The van der Waals surface area contributed by atoms with Gasteiger partial charge in [-0.05, 0) is 29.0 Å². The van der Waals surface area contributed by atoms with Gasteiger partial charge in [-0.25, -0.2) is 9.50 Å². The number of halogens is 5. The number of carbonyl (C=O) groups is 1. The quantitative estimate of drug-likeness (QED) is 0.286. The summed E-state index contributed by atoms with van der Waals surface area (Å²) in [5, 5.41) is 8.26. The second-order valence-corrected chi connectivity index (χ2v) is 8.21. The predicted octanol–water partition coefficient (Wildman–Crippen LogP) is 7.13. The van der Waals surface area contributed by atoms with Crippen molar-refractivity contribution in [2.45, 2.75) is 6.18 Å². The van der Waals surface area contributed by atoms with Crippen LogP contribution in [-0.2, 0) is 6.18 Å². The molecular weight excluding hydrogens is 488 g/mol. The molecule has 5 aromatic rings. The lowest BCUT2D eigenvalue weighted by atomic mass is 10.0. The number of amides is 1. The van der Waals surface area contributed by atoms with Crippen molar-refractivity contribution in [2.24, 2.45) is 0 Å². The van der Waals surface area contributed by atoms with Crippen LogP contribution in [0.25, 0.3) is 27.7 Å². The van der Waals surface area contributed by atoms with E-state index in [9.17, 15) is 18.0 Å². The summed E-state index contributed by atoms with van der Waals surface area (Å²) in [7, 11) is 0. The van der Waals surface area contributed by atoms with Gasteiger partial charge in [0.2, 0.25) is 0 Å². The molecule has 3 aromatic carbocycles. The van der Waals surface area contributed by atoms with Crippen LogP contribution in [0.4, 0.5) is 18.9 Å². The van der Waals surface area contributed by atoms with Crippen molar-refractivity contribution in [3.05, 3.63) is 94.2 Å². The summed E-state index contributed by atoms with van der Waals surface area (Å²) in [4.78, 5) is 17.4. The average Bonchev–Trinajstić information content (AvgIpc) is 3.24. The fourth-order valence-electron chi connectivity index (χ4n) is 3.71. The maximum Gasteiger partial charge on any atom is 0.433 e. The number of hydrogen-bond acceptors (Lipinski definition) is 3. The summed E-state index contributed by atoms with van der Waals surface area (Å²) < 4.78 is 42.5. The van der Waals surface area contributed by atoms with Gasteiger partial charge in [0.05, 0.1) is 27.6 Å². The number of fused-ring (bicyclic) bond motifs is 2. The van der Waals surface area contributed by atoms with Crippen molar-refractivity contribution < 1.29 is 18.0 Å². The molecule has 2 heterocycles. The van der Waals surface area contributed by atoms with Gasteiger partial charge in [0, 0.05) is 5.56 Å². The molecule has 1 amide bonds. The minimum Gasteiger partial charge on any atom is -0.319 e. The van der Waals surface area contributed by atoms with Crippen molar-refractivity contribution in [2.75, 3.05) is 5.32 Å². The lowest BCUT2D eigenvalue weighted by Gasteiger charge is -2.13. The Bertz CT molecular complexity index is 1550. The van der Waals surface area contributed by atoms with Gasteiger partial charge in [-0.15, -0.1) is 0 Å². The number of para-hydroxylation sites is 1. The summed E-state index contributed by atoms with van der Waals surface area (Å²) in [6.07, 6.45) is -3.71. The molecule has 0 aliphatic rings. The van der Waals surface area contributed by atoms with Gasteiger partial charge in [0.1, 0.15) is 5.56 Å². The predicted molar refractivity (Wildman–Crippen MR) is 125 cm³/mol. The number of aromatic nitrogens is 3. The highest BCUT2D eigenvalue weighted by Crippen LogP contribution is 2.35. The molecule has 0 radical (unpaired) electrons. The van der Waals surface area contributed by atoms with E-state index in [2.05, 4.69) is 15.4 Å². The van der Waals surface area contributed by atoms with Crippen LogP contribution in [0.1, 0.15) is 16.1 Å². The van der Waals surface area contributed by atoms with Gasteiger partial charge < -0.3 is 5.32 Å². The Morgan fingerprint density at radius 2 is 1.62 bits per heavy atom. The number of benzene rings is 3. The van der Waals surface area contributed by atoms with Crippen molar-refractivity contribution >= 4 is 51.2 Å². The SMILES string of the molecule is O=C(Nc1c(Cl)cccc1Cl)c1cnn2c(C(F)(F)F)cc(-c3cccc4ccccc34)nc12. The molecule has 170 valence electrons. The van der Waals surface area contributed by atoms with Gasteiger partial charge in [0.15, 0.2) is 11.3 Å². The van der Waals surface area contributed by atoms with E-state index in [1.54, 1.807) is 30.3 Å². The van der Waals surface area contributed by atoms with E-state index in [0.29, 0.717) is 10.1 Å². The van der Waals surface area contributed by atoms with E-state index in [-0.39, 0.29) is 32.6 Å². The third kappa shape index (κ3) is 3.85. The second-order valence-electron chi connectivity index (χ2n) is 7.40. The van der Waals surface area contributed by atoms with Crippen LogP contribution in [0.15, 0.2) is 72.9 Å². The third-order valence-corrected chi connectivity index (χ3v) is 5.90. The van der Waals surface area contributed by atoms with E-state index in [0.717, 1.165) is 23.0 Å². The van der Waals surface area contributed by atoms with E-state index >= 15 is 0 Å². The Labute approximate surface area is 200 Å². The molecule has 0 bridgehead atoms. The zero-order chi connectivity index (χ0) is 24.0. The number of nitrogens with zero attached hydrogens (tertiary/aromatic N) is 3. The molecule has 0 unspecified atom stereocenters. The van der Waals surface area contributed by atoms with Gasteiger partial charge in [-0.2, -0.15) is 18.3 Å². The minimum absolute atomic E-state index is 0.0574. The first kappa shape index (κ1) is 22.2. The van der Waals surface area contributed by atoms with Gasteiger partial charge in [0.25, 0.3) is 5.91 Å². The highest BCUT2D eigenvalue weighted by molar-refractivity contribution is 6.40. The second kappa shape index (κ2) is 8.30. The Kier molecular flexibility index (Phi) is 5.42. The first-order valence-electron chi connectivity index (χ1n) is 9.93. The summed E-state index contributed by atoms with van der Waals surface area (Å²) in [6, 6.07) is 18.1. The van der Waals surface area contributed by atoms with Crippen LogP contribution in [0.5, 0.6) is 0 Å². The van der Waals surface area contributed by atoms with Crippen LogP contribution in [0.2, 0.25) is 10.0 Å². The number of nitrogens with one attached hydrogen (secondary N) is 1. The van der Waals surface area contributed by atoms with E-state index in [1.807, 2.05) is 18.2 Å². The summed E-state index contributed by atoms with van der Waals surface area (Å²) in [6.45, 7) is 0. The normalized spacial score (nSPS) is 11.8. The molecule has 1 N–H and O–H groups in total. The number of rotatable bonds is 3. The number of carbonyl (C=O) groups excluding carboxylic acids is 1. The van der Waals surface area contributed by atoms with Crippen LogP contribution in [-0.4, -0.2) is 20.5 Å². The molecule has 34 heavy (non-hydrogen) atoms. The summed E-state index contributed by atoms with van der Waals surface area (Å²) >= 11 is 12.2. The van der Waals surface area contributed by atoms with Crippen molar-refractivity contribution in [1.82, 2.24) is 14.6 Å². The Balaban J connectivity index is 1.71. The Morgan fingerprint density at radius 1 is 0.941 bits per heavy atom. The molecule has 0 saturated heterocycles. The molecule has 5 nitrogen and oxygen atoms in total. The lowest BCUT2D eigenvalue weighted by Crippen LogP contribution is -2.16. The van der Waals surface area contributed by atoms with Crippen LogP contribution >= 0.6 is 23.2 Å². The zero-order valence-corrected chi connectivity index (χ0v) is 18.6. The lowest BCUT2D eigenvalue weighted by molar-refractivity contribution is -0.142. The molecule has 0 fully saturated rings. The smallest absolute Gasteiger partial charge is 0.319 e. The highest BCUT2D eigenvalue weighted by Gasteiger charge is 2.36. The Hall–Kier alpha value is -3.62. The molecule has 0 saturated carbocycles. The maximum atomic E-state index is 14.0. The number of anilines is 1. The Morgan fingerprint density at radius 3 is 2.35 bits per heavy atom. The van der Waals surface area contributed by atoms with Crippen LogP contribution < -0.4 is 5.32 Å². The topological polar surface area (TPSA) is 59.3 Å². The average molecular weight is 501 g/mol. The number of alkyl halides is 3. The highest BCUT2D eigenvalue weighted by atomic mass is 35.5. The van der Waals surface area contributed by atoms with Gasteiger partial charge >= 0.3 is 6.18 Å². The first-order valence-corrected chi connectivity index (χ1v) is 10.7. The molecular formula is C24H13Cl2F3N4O. The third-order valence-electron chi connectivity index (χ3n) is 5.27. The van der Waals surface area contributed by atoms with E-state index < -0.39 is 17.8 Å². The number of hydrogen-bond donors (Lipinski definition) is 1. The fraction of sp³-hybridized carbons (Fsp3) is 0.0417. The van der Waals surface area contributed by atoms with Crippen LogP contribution in [0.3, 0.4) is 0 Å². The minimum atomic E-state index is -4.74. The van der Waals surface area contributed by atoms with E-state index in [4.69, 9.17) is 23.2 Å². The molecule has 5 rings (SSSR count). The largest absolute Gasteiger partial charge is 0.433 e. The van der Waals surface area contributed by atoms with Crippen molar-refractivity contribution in [3.8, 4) is 11.3 Å². The van der Waals surface area contributed by atoms with Crippen LogP contribution in [0, 0.1) is 0 Å². The molecule has 2 aromatic heterocycles. The van der Waals surface area contributed by atoms with Crippen molar-refractivity contribution in [1.29, 1.82) is 0 Å². The van der Waals surface area contributed by atoms with Gasteiger partial charge in [-0.1, -0.05) is 71.7 Å².